The molecule has 0 spiro atoms. The summed E-state index contributed by atoms with van der Waals surface area (Å²) in [7, 11) is 0. The standard InChI is InChI=1S/C28H24N4O3/c1-19-24(27(33)31(28(34)25(19)16-29)18-23-13-8-14-35-23)15-21-17-32(22-11-6-3-7-12-22)30-26(21)20-9-4-2-5-10-20/h2-7,9-12,15,17,23H,8,13-14,18H2,1H3/b24-15-/t23-/m1/s1. The van der Waals surface area contributed by atoms with Gasteiger partial charge < -0.3 is 4.74 Å². The minimum atomic E-state index is -0.564. The summed E-state index contributed by atoms with van der Waals surface area (Å²) in [5.74, 6) is -0.987. The van der Waals surface area contributed by atoms with Crippen molar-refractivity contribution in [3.05, 3.63) is 89.1 Å². The van der Waals surface area contributed by atoms with Crippen LogP contribution in [-0.2, 0) is 14.3 Å². The topological polar surface area (TPSA) is 88.2 Å². The van der Waals surface area contributed by atoms with Gasteiger partial charge in [-0.3, -0.25) is 14.5 Å². The Balaban J connectivity index is 1.63. The highest BCUT2D eigenvalue weighted by molar-refractivity contribution is 6.19. The van der Waals surface area contributed by atoms with Crippen LogP contribution in [0.2, 0.25) is 0 Å². The molecular formula is C28H24N4O3. The molecule has 0 N–H and O–H groups in total. The first kappa shape index (κ1) is 22.5. The highest BCUT2D eigenvalue weighted by atomic mass is 16.5. The highest BCUT2D eigenvalue weighted by Gasteiger charge is 2.37. The maximum atomic E-state index is 13.5. The van der Waals surface area contributed by atoms with Crippen molar-refractivity contribution in [2.24, 2.45) is 0 Å². The van der Waals surface area contributed by atoms with Gasteiger partial charge in [-0.25, -0.2) is 4.68 Å². The zero-order valence-corrected chi connectivity index (χ0v) is 19.3. The van der Waals surface area contributed by atoms with Crippen LogP contribution in [0, 0.1) is 11.3 Å². The molecule has 2 aliphatic rings. The third kappa shape index (κ3) is 4.32. The summed E-state index contributed by atoms with van der Waals surface area (Å²) in [6.07, 6.45) is 5.06. The molecule has 1 fully saturated rings. The molecule has 3 heterocycles. The van der Waals surface area contributed by atoms with Crippen molar-refractivity contribution in [2.45, 2.75) is 25.9 Å². The van der Waals surface area contributed by atoms with Crippen molar-refractivity contribution in [2.75, 3.05) is 13.2 Å². The van der Waals surface area contributed by atoms with Crippen molar-refractivity contribution in [1.82, 2.24) is 14.7 Å². The second-order valence-corrected chi connectivity index (χ2v) is 8.60. The van der Waals surface area contributed by atoms with Gasteiger partial charge in [-0.1, -0.05) is 48.5 Å². The molecule has 1 aromatic heterocycles. The van der Waals surface area contributed by atoms with Crippen molar-refractivity contribution in [1.29, 1.82) is 5.26 Å². The number of nitrogens with zero attached hydrogens (tertiary/aromatic N) is 4. The fourth-order valence-corrected chi connectivity index (χ4v) is 4.47. The largest absolute Gasteiger partial charge is 0.376 e. The molecule has 0 unspecified atom stereocenters. The monoisotopic (exact) mass is 464 g/mol. The molecule has 1 atom stereocenters. The van der Waals surface area contributed by atoms with E-state index in [0.717, 1.165) is 29.0 Å². The van der Waals surface area contributed by atoms with E-state index in [0.29, 0.717) is 29.0 Å². The SMILES string of the molecule is CC1=C(C#N)C(=O)N(C[C@H]2CCCO2)C(=O)/C1=C\c1cn(-c2ccccc2)nc1-c1ccccc1. The molecule has 35 heavy (non-hydrogen) atoms. The molecule has 0 aliphatic carbocycles. The number of benzene rings is 2. The summed E-state index contributed by atoms with van der Waals surface area (Å²) in [6.45, 7) is 2.40. The molecule has 0 saturated carbocycles. The Labute approximate surface area is 203 Å². The number of hydrogen-bond acceptors (Lipinski definition) is 5. The van der Waals surface area contributed by atoms with Gasteiger partial charge in [0.05, 0.1) is 24.0 Å². The fourth-order valence-electron chi connectivity index (χ4n) is 4.47. The lowest BCUT2D eigenvalue weighted by Gasteiger charge is -2.29. The van der Waals surface area contributed by atoms with E-state index in [1.165, 1.54) is 0 Å². The lowest BCUT2D eigenvalue weighted by atomic mass is 9.93. The van der Waals surface area contributed by atoms with Crippen LogP contribution in [0.25, 0.3) is 23.0 Å². The van der Waals surface area contributed by atoms with E-state index in [-0.39, 0.29) is 18.2 Å². The van der Waals surface area contributed by atoms with Crippen LogP contribution in [0.4, 0.5) is 0 Å². The van der Waals surface area contributed by atoms with Crippen LogP contribution in [0.15, 0.2) is 83.6 Å². The molecule has 7 heteroatoms. The van der Waals surface area contributed by atoms with Gasteiger partial charge in [0.1, 0.15) is 11.6 Å². The molecule has 2 aliphatic heterocycles. The smallest absolute Gasteiger partial charge is 0.271 e. The Kier molecular flexibility index (Phi) is 6.13. The van der Waals surface area contributed by atoms with Gasteiger partial charge in [0.15, 0.2) is 0 Å². The molecule has 0 radical (unpaired) electrons. The number of para-hydroxylation sites is 1. The molecule has 2 aromatic carbocycles. The van der Waals surface area contributed by atoms with E-state index in [1.54, 1.807) is 17.7 Å². The van der Waals surface area contributed by atoms with Gasteiger partial charge in [0, 0.05) is 29.5 Å². The first-order valence-corrected chi connectivity index (χ1v) is 11.6. The minimum Gasteiger partial charge on any atom is -0.376 e. The van der Waals surface area contributed by atoms with Crippen LogP contribution < -0.4 is 0 Å². The van der Waals surface area contributed by atoms with Crippen LogP contribution >= 0.6 is 0 Å². The number of hydrogen-bond donors (Lipinski definition) is 0. The lowest BCUT2D eigenvalue weighted by molar-refractivity contribution is -0.142. The van der Waals surface area contributed by atoms with E-state index < -0.39 is 11.8 Å². The highest BCUT2D eigenvalue weighted by Crippen LogP contribution is 2.31. The minimum absolute atomic E-state index is 0.0226. The van der Waals surface area contributed by atoms with Crippen molar-refractivity contribution in [3.63, 3.8) is 0 Å². The molecule has 7 nitrogen and oxygen atoms in total. The second-order valence-electron chi connectivity index (χ2n) is 8.60. The summed E-state index contributed by atoms with van der Waals surface area (Å²) in [6, 6.07) is 21.4. The summed E-state index contributed by atoms with van der Waals surface area (Å²) in [4.78, 5) is 27.7. The fraction of sp³-hybridized carbons (Fsp3) is 0.214. The normalized spacial score (nSPS) is 19.5. The van der Waals surface area contributed by atoms with Crippen LogP contribution in [0.5, 0.6) is 0 Å². The summed E-state index contributed by atoms with van der Waals surface area (Å²) < 4.78 is 7.42. The number of imide groups is 1. The number of carbonyl (C=O) groups excluding carboxylic acids is 2. The van der Waals surface area contributed by atoms with E-state index >= 15 is 0 Å². The van der Waals surface area contributed by atoms with Gasteiger partial charge >= 0.3 is 0 Å². The number of nitriles is 1. The molecule has 0 bridgehead atoms. The average Bonchev–Trinajstić information content (AvgIpc) is 3.56. The quantitative estimate of drug-likeness (QED) is 0.415. The number of carbonyl (C=O) groups is 2. The Morgan fingerprint density at radius 1 is 1.09 bits per heavy atom. The van der Waals surface area contributed by atoms with Gasteiger partial charge in [0.2, 0.25) is 0 Å². The average molecular weight is 465 g/mol. The van der Waals surface area contributed by atoms with Crippen molar-refractivity contribution in [3.8, 4) is 23.0 Å². The van der Waals surface area contributed by atoms with E-state index in [4.69, 9.17) is 9.84 Å². The summed E-state index contributed by atoms with van der Waals surface area (Å²) in [5.41, 5.74) is 3.85. The summed E-state index contributed by atoms with van der Waals surface area (Å²) in [5, 5.41) is 14.5. The predicted molar refractivity (Wildman–Crippen MR) is 131 cm³/mol. The van der Waals surface area contributed by atoms with E-state index in [2.05, 4.69) is 0 Å². The van der Waals surface area contributed by atoms with E-state index in [1.807, 2.05) is 72.9 Å². The molecular weight excluding hydrogens is 440 g/mol. The number of amides is 2. The van der Waals surface area contributed by atoms with Crippen LogP contribution in [0.1, 0.15) is 25.3 Å². The zero-order valence-electron chi connectivity index (χ0n) is 19.3. The maximum Gasteiger partial charge on any atom is 0.271 e. The van der Waals surface area contributed by atoms with Crippen LogP contribution in [0.3, 0.4) is 0 Å². The Hall–Kier alpha value is -4.28. The zero-order chi connectivity index (χ0) is 24.4. The van der Waals surface area contributed by atoms with Crippen molar-refractivity contribution >= 4 is 17.9 Å². The Morgan fingerprint density at radius 3 is 2.46 bits per heavy atom. The van der Waals surface area contributed by atoms with Gasteiger partial charge in [-0.05, 0) is 43.5 Å². The number of rotatable bonds is 5. The number of aromatic nitrogens is 2. The van der Waals surface area contributed by atoms with Gasteiger partial charge in [0.25, 0.3) is 11.8 Å². The Morgan fingerprint density at radius 2 is 1.80 bits per heavy atom. The molecule has 1 saturated heterocycles. The third-order valence-corrected chi connectivity index (χ3v) is 6.35. The predicted octanol–water partition coefficient (Wildman–Crippen LogP) is 4.31. The summed E-state index contributed by atoms with van der Waals surface area (Å²) >= 11 is 0. The van der Waals surface area contributed by atoms with Gasteiger partial charge in [-0.2, -0.15) is 10.4 Å². The molecule has 3 aromatic rings. The molecule has 174 valence electrons. The van der Waals surface area contributed by atoms with Gasteiger partial charge in [-0.15, -0.1) is 0 Å². The maximum absolute atomic E-state index is 13.5. The first-order chi connectivity index (χ1) is 17.1. The molecule has 5 rings (SSSR count). The van der Waals surface area contributed by atoms with Crippen molar-refractivity contribution < 1.29 is 14.3 Å². The third-order valence-electron chi connectivity index (χ3n) is 6.35. The molecule has 2 amide bonds. The number of ether oxygens (including phenoxy) is 1. The lowest BCUT2D eigenvalue weighted by Crippen LogP contribution is -2.46. The first-order valence-electron chi connectivity index (χ1n) is 11.6. The van der Waals surface area contributed by atoms with E-state index in [9.17, 15) is 14.9 Å². The van der Waals surface area contributed by atoms with Crippen LogP contribution in [-0.4, -0.2) is 45.8 Å². The second kappa shape index (κ2) is 9.53. The Bertz CT molecular complexity index is 1370.